The molecule has 0 radical (unpaired) electrons. The summed E-state index contributed by atoms with van der Waals surface area (Å²) in [7, 11) is -4.01. The van der Waals surface area contributed by atoms with Gasteiger partial charge in [-0.3, -0.25) is 9.05 Å². The molecule has 0 aromatic heterocycles. The van der Waals surface area contributed by atoms with Crippen LogP contribution in [0.2, 0.25) is 0 Å². The zero-order valence-electron chi connectivity index (χ0n) is 13.5. The predicted molar refractivity (Wildman–Crippen MR) is 96.7 cm³/mol. The Morgan fingerprint density at radius 1 is 0.760 bits per heavy atom. The van der Waals surface area contributed by atoms with Gasteiger partial charge < -0.3 is 4.89 Å². The SMILES string of the molecule is O=P1(O)OCc2ccc(-c3ccccc3)c(-c3ccccc3)c2CO1. The summed E-state index contributed by atoms with van der Waals surface area (Å²) >= 11 is 0. The van der Waals surface area contributed by atoms with Crippen molar-refractivity contribution in [2.75, 3.05) is 0 Å². The molecular formula is C20H17O4P. The van der Waals surface area contributed by atoms with Crippen molar-refractivity contribution in [1.29, 1.82) is 0 Å². The van der Waals surface area contributed by atoms with Crippen LogP contribution in [0.1, 0.15) is 11.1 Å². The van der Waals surface area contributed by atoms with E-state index >= 15 is 0 Å². The highest BCUT2D eigenvalue weighted by Crippen LogP contribution is 2.49. The Bertz CT molecular complexity index is 939. The largest absolute Gasteiger partial charge is 0.472 e. The fourth-order valence-corrected chi connectivity index (χ4v) is 3.79. The van der Waals surface area contributed by atoms with E-state index in [0.717, 1.165) is 33.4 Å². The number of hydrogen-bond donors (Lipinski definition) is 1. The van der Waals surface area contributed by atoms with Gasteiger partial charge in [-0.25, -0.2) is 4.57 Å². The highest BCUT2D eigenvalue weighted by atomic mass is 31.2. The molecule has 126 valence electrons. The van der Waals surface area contributed by atoms with Crippen LogP contribution in [0.25, 0.3) is 22.3 Å². The zero-order chi connectivity index (χ0) is 17.3. The van der Waals surface area contributed by atoms with Gasteiger partial charge in [0, 0.05) is 0 Å². The van der Waals surface area contributed by atoms with Crippen LogP contribution in [0.4, 0.5) is 0 Å². The molecular weight excluding hydrogens is 335 g/mol. The number of fused-ring (bicyclic) bond motifs is 1. The number of hydrogen-bond acceptors (Lipinski definition) is 3. The van der Waals surface area contributed by atoms with Crippen molar-refractivity contribution in [2.24, 2.45) is 0 Å². The lowest BCUT2D eigenvalue weighted by Gasteiger charge is -2.17. The van der Waals surface area contributed by atoms with E-state index in [4.69, 9.17) is 9.05 Å². The fraction of sp³-hybridized carbons (Fsp3) is 0.100. The van der Waals surface area contributed by atoms with E-state index in [9.17, 15) is 9.46 Å². The van der Waals surface area contributed by atoms with Gasteiger partial charge in [-0.15, -0.1) is 0 Å². The summed E-state index contributed by atoms with van der Waals surface area (Å²) in [6, 6.07) is 24.1. The molecule has 25 heavy (non-hydrogen) atoms. The standard InChI is InChI=1S/C20H17O4P/c21-25(22)23-13-17-11-12-18(15-7-3-1-4-8-15)20(19(17)14-24-25)16-9-5-2-6-10-16/h1-12H,13-14H2,(H,21,22). The molecule has 0 spiro atoms. The minimum atomic E-state index is -4.01. The van der Waals surface area contributed by atoms with Gasteiger partial charge in [-0.05, 0) is 33.4 Å². The second-order valence-corrected chi connectivity index (χ2v) is 7.33. The third-order valence-corrected chi connectivity index (χ3v) is 5.22. The van der Waals surface area contributed by atoms with E-state index in [-0.39, 0.29) is 13.2 Å². The number of phosphoric acid groups is 1. The minimum Gasteiger partial charge on any atom is -0.302 e. The van der Waals surface area contributed by atoms with Gasteiger partial charge in [0.05, 0.1) is 13.2 Å². The molecule has 0 fully saturated rings. The van der Waals surface area contributed by atoms with Crippen LogP contribution >= 0.6 is 7.82 Å². The van der Waals surface area contributed by atoms with Crippen LogP contribution in [0.3, 0.4) is 0 Å². The molecule has 1 N–H and O–H groups in total. The number of rotatable bonds is 2. The molecule has 0 saturated carbocycles. The molecule has 0 aliphatic carbocycles. The third kappa shape index (κ3) is 3.30. The maximum Gasteiger partial charge on any atom is 0.472 e. The van der Waals surface area contributed by atoms with Gasteiger partial charge in [0.15, 0.2) is 0 Å². The van der Waals surface area contributed by atoms with E-state index < -0.39 is 7.82 Å². The molecule has 5 heteroatoms. The summed E-state index contributed by atoms with van der Waals surface area (Å²) in [6.07, 6.45) is 0. The molecule has 3 aromatic carbocycles. The molecule has 4 nitrogen and oxygen atoms in total. The maximum atomic E-state index is 11.8. The fourth-order valence-electron chi connectivity index (χ4n) is 3.12. The van der Waals surface area contributed by atoms with Crippen LogP contribution in [-0.2, 0) is 26.8 Å². The lowest BCUT2D eigenvalue weighted by atomic mass is 9.88. The first kappa shape index (κ1) is 16.2. The molecule has 1 atom stereocenters. The van der Waals surface area contributed by atoms with Crippen molar-refractivity contribution >= 4 is 7.82 Å². The van der Waals surface area contributed by atoms with Crippen molar-refractivity contribution < 1.29 is 18.5 Å². The lowest BCUT2D eigenvalue weighted by Crippen LogP contribution is -1.99. The predicted octanol–water partition coefficient (Wildman–Crippen LogP) is 5.17. The summed E-state index contributed by atoms with van der Waals surface area (Å²) in [4.78, 5) is 9.69. The van der Waals surface area contributed by atoms with E-state index in [1.807, 2.05) is 60.7 Å². The molecule has 1 heterocycles. The van der Waals surface area contributed by atoms with Gasteiger partial charge >= 0.3 is 7.82 Å². The Kier molecular flexibility index (Phi) is 4.28. The smallest absolute Gasteiger partial charge is 0.302 e. The molecule has 1 aliphatic rings. The van der Waals surface area contributed by atoms with Crippen molar-refractivity contribution in [3.05, 3.63) is 83.9 Å². The minimum absolute atomic E-state index is 0.0357. The van der Waals surface area contributed by atoms with E-state index in [2.05, 4.69) is 12.1 Å². The molecule has 1 aliphatic heterocycles. The Morgan fingerprint density at radius 2 is 1.36 bits per heavy atom. The van der Waals surface area contributed by atoms with Crippen molar-refractivity contribution in [3.63, 3.8) is 0 Å². The lowest BCUT2D eigenvalue weighted by molar-refractivity contribution is 0.150. The second-order valence-electron chi connectivity index (χ2n) is 5.87. The summed E-state index contributed by atoms with van der Waals surface area (Å²) in [5, 5.41) is 0. The van der Waals surface area contributed by atoms with Gasteiger partial charge in [-0.1, -0.05) is 72.8 Å². The summed E-state index contributed by atoms with van der Waals surface area (Å²) in [6.45, 7) is 0.0893. The second kappa shape index (κ2) is 6.58. The van der Waals surface area contributed by atoms with Crippen molar-refractivity contribution in [3.8, 4) is 22.3 Å². The van der Waals surface area contributed by atoms with Crippen LogP contribution in [0.15, 0.2) is 72.8 Å². The van der Waals surface area contributed by atoms with Crippen LogP contribution in [-0.4, -0.2) is 4.89 Å². The highest BCUT2D eigenvalue weighted by molar-refractivity contribution is 7.47. The van der Waals surface area contributed by atoms with Gasteiger partial charge in [-0.2, -0.15) is 0 Å². The normalized spacial score (nSPS) is 19.9. The molecule has 0 bridgehead atoms. The van der Waals surface area contributed by atoms with Crippen LogP contribution in [0.5, 0.6) is 0 Å². The van der Waals surface area contributed by atoms with Crippen molar-refractivity contribution in [1.82, 2.24) is 0 Å². The summed E-state index contributed by atoms with van der Waals surface area (Å²) < 4.78 is 22.0. The molecule has 1 unspecified atom stereocenters. The van der Waals surface area contributed by atoms with E-state index in [1.54, 1.807) is 0 Å². The van der Waals surface area contributed by atoms with E-state index in [0.29, 0.717) is 0 Å². The Labute approximate surface area is 146 Å². The highest BCUT2D eigenvalue weighted by Gasteiger charge is 2.28. The van der Waals surface area contributed by atoms with Gasteiger partial charge in [0.1, 0.15) is 0 Å². The number of phosphoric ester groups is 1. The Hall–Kier alpha value is -2.23. The zero-order valence-corrected chi connectivity index (χ0v) is 14.4. The molecule has 0 saturated heterocycles. The monoisotopic (exact) mass is 352 g/mol. The first-order valence-corrected chi connectivity index (χ1v) is 9.51. The van der Waals surface area contributed by atoms with Gasteiger partial charge in [0.2, 0.25) is 0 Å². The van der Waals surface area contributed by atoms with Crippen LogP contribution in [0, 0.1) is 0 Å². The van der Waals surface area contributed by atoms with Crippen LogP contribution < -0.4 is 0 Å². The first-order chi connectivity index (χ1) is 12.1. The summed E-state index contributed by atoms with van der Waals surface area (Å²) in [5.41, 5.74) is 5.95. The number of benzene rings is 3. The van der Waals surface area contributed by atoms with Crippen molar-refractivity contribution in [2.45, 2.75) is 13.2 Å². The Balaban J connectivity index is 1.96. The van der Waals surface area contributed by atoms with E-state index in [1.165, 1.54) is 0 Å². The summed E-state index contributed by atoms with van der Waals surface area (Å²) in [5.74, 6) is 0. The third-order valence-electron chi connectivity index (χ3n) is 4.31. The Morgan fingerprint density at radius 3 is 2.04 bits per heavy atom. The molecule has 3 aromatic rings. The van der Waals surface area contributed by atoms with Gasteiger partial charge in [0.25, 0.3) is 0 Å². The maximum absolute atomic E-state index is 11.8. The quantitative estimate of drug-likeness (QED) is 0.647. The molecule has 4 rings (SSSR count). The average Bonchev–Trinajstić information content (AvgIpc) is 2.81. The molecule has 0 amide bonds. The average molecular weight is 352 g/mol. The first-order valence-electron chi connectivity index (χ1n) is 8.01. The topological polar surface area (TPSA) is 55.8 Å².